The Balaban J connectivity index is 2.29. The van der Waals surface area contributed by atoms with Crippen LogP contribution in [0.5, 0.6) is 5.75 Å². The van der Waals surface area contributed by atoms with Crippen molar-refractivity contribution >= 4 is 17.4 Å². The number of anilines is 1. The Morgan fingerprint density at radius 1 is 1.26 bits per heavy atom. The van der Waals surface area contributed by atoms with E-state index in [1.165, 1.54) is 0 Å². The molecule has 0 radical (unpaired) electrons. The third-order valence-corrected chi connectivity index (χ3v) is 2.67. The van der Waals surface area contributed by atoms with E-state index in [0.717, 1.165) is 11.3 Å². The van der Waals surface area contributed by atoms with Crippen LogP contribution in [0.2, 0.25) is 5.28 Å². The summed E-state index contributed by atoms with van der Waals surface area (Å²) >= 11 is 5.89. The van der Waals surface area contributed by atoms with Crippen LogP contribution in [0.15, 0.2) is 30.3 Å². The van der Waals surface area contributed by atoms with Crippen molar-refractivity contribution in [1.82, 2.24) is 9.97 Å². The standard InChI is InChI=1S/C13H14ClN3O2/c1-19-10-4-2-9(3-5-10)11-8-12(15-6-7-18)17-13(14)16-11/h2-5,8,18H,6-7H2,1H3,(H,15,16,17). The van der Waals surface area contributed by atoms with Crippen LogP contribution < -0.4 is 10.1 Å². The largest absolute Gasteiger partial charge is 0.497 e. The van der Waals surface area contributed by atoms with Gasteiger partial charge in [0.2, 0.25) is 5.28 Å². The predicted molar refractivity (Wildman–Crippen MR) is 74.6 cm³/mol. The van der Waals surface area contributed by atoms with Crippen molar-refractivity contribution in [3.8, 4) is 17.0 Å². The number of aliphatic hydroxyl groups is 1. The van der Waals surface area contributed by atoms with Crippen LogP contribution in [0.25, 0.3) is 11.3 Å². The Hall–Kier alpha value is -1.85. The molecule has 100 valence electrons. The molecule has 0 bridgehead atoms. The topological polar surface area (TPSA) is 67.3 Å². The fraction of sp³-hybridized carbons (Fsp3) is 0.231. The minimum atomic E-state index is 0.0273. The second-order valence-corrected chi connectivity index (χ2v) is 4.12. The highest BCUT2D eigenvalue weighted by atomic mass is 35.5. The van der Waals surface area contributed by atoms with Gasteiger partial charge in [0, 0.05) is 18.2 Å². The van der Waals surface area contributed by atoms with Gasteiger partial charge < -0.3 is 15.2 Å². The van der Waals surface area contributed by atoms with Crippen molar-refractivity contribution in [2.24, 2.45) is 0 Å². The molecule has 0 aliphatic heterocycles. The van der Waals surface area contributed by atoms with Gasteiger partial charge in [-0.1, -0.05) is 0 Å². The summed E-state index contributed by atoms with van der Waals surface area (Å²) in [6.45, 7) is 0.439. The molecule has 0 fully saturated rings. The van der Waals surface area contributed by atoms with Crippen molar-refractivity contribution in [2.75, 3.05) is 25.6 Å². The normalized spacial score (nSPS) is 10.3. The smallest absolute Gasteiger partial charge is 0.224 e. The van der Waals surface area contributed by atoms with Crippen LogP contribution >= 0.6 is 11.6 Å². The number of nitrogens with zero attached hydrogens (tertiary/aromatic N) is 2. The Morgan fingerprint density at radius 3 is 2.63 bits per heavy atom. The minimum absolute atomic E-state index is 0.0273. The number of halogens is 1. The van der Waals surface area contributed by atoms with E-state index in [4.69, 9.17) is 21.4 Å². The number of rotatable bonds is 5. The van der Waals surface area contributed by atoms with Gasteiger partial charge >= 0.3 is 0 Å². The fourth-order valence-electron chi connectivity index (χ4n) is 1.60. The first-order chi connectivity index (χ1) is 9.22. The third kappa shape index (κ3) is 3.56. The molecule has 2 rings (SSSR count). The lowest BCUT2D eigenvalue weighted by atomic mass is 10.1. The molecule has 0 amide bonds. The maximum Gasteiger partial charge on any atom is 0.224 e. The van der Waals surface area contributed by atoms with Crippen molar-refractivity contribution in [1.29, 1.82) is 0 Å². The van der Waals surface area contributed by atoms with E-state index in [-0.39, 0.29) is 11.9 Å². The first kappa shape index (κ1) is 13.6. The van der Waals surface area contributed by atoms with Crippen LogP contribution in [0.1, 0.15) is 0 Å². The van der Waals surface area contributed by atoms with E-state index < -0.39 is 0 Å². The van der Waals surface area contributed by atoms with Gasteiger partial charge in [-0.05, 0) is 35.9 Å². The lowest BCUT2D eigenvalue weighted by Gasteiger charge is -2.07. The quantitative estimate of drug-likeness (QED) is 0.822. The number of benzene rings is 1. The summed E-state index contributed by atoms with van der Waals surface area (Å²) in [7, 11) is 1.62. The number of hydrogen-bond donors (Lipinski definition) is 2. The van der Waals surface area contributed by atoms with Crippen molar-refractivity contribution < 1.29 is 9.84 Å². The molecular formula is C13H14ClN3O2. The highest BCUT2D eigenvalue weighted by Gasteiger charge is 2.05. The monoisotopic (exact) mass is 279 g/mol. The minimum Gasteiger partial charge on any atom is -0.497 e. The molecule has 0 atom stereocenters. The van der Waals surface area contributed by atoms with E-state index >= 15 is 0 Å². The molecule has 1 heterocycles. The molecule has 0 unspecified atom stereocenters. The molecular weight excluding hydrogens is 266 g/mol. The van der Waals surface area contributed by atoms with Gasteiger partial charge in [0.25, 0.3) is 0 Å². The maximum absolute atomic E-state index is 8.79. The number of aliphatic hydroxyl groups excluding tert-OH is 1. The lowest BCUT2D eigenvalue weighted by molar-refractivity contribution is 0.311. The van der Waals surface area contributed by atoms with Gasteiger partial charge in [-0.2, -0.15) is 0 Å². The van der Waals surface area contributed by atoms with Crippen molar-refractivity contribution in [3.63, 3.8) is 0 Å². The zero-order chi connectivity index (χ0) is 13.7. The second-order valence-electron chi connectivity index (χ2n) is 3.79. The number of aromatic nitrogens is 2. The molecule has 1 aromatic heterocycles. The average molecular weight is 280 g/mol. The molecule has 0 aliphatic carbocycles. The molecule has 5 nitrogen and oxygen atoms in total. The first-order valence-corrected chi connectivity index (χ1v) is 6.14. The molecule has 19 heavy (non-hydrogen) atoms. The number of nitrogens with one attached hydrogen (secondary N) is 1. The van der Waals surface area contributed by atoms with Gasteiger partial charge in [0.15, 0.2) is 0 Å². The molecule has 2 aromatic rings. The summed E-state index contributed by atoms with van der Waals surface area (Å²) in [5.74, 6) is 1.36. The van der Waals surface area contributed by atoms with Crippen LogP contribution in [0.3, 0.4) is 0 Å². The van der Waals surface area contributed by atoms with Crippen LogP contribution in [-0.4, -0.2) is 35.3 Å². The van der Waals surface area contributed by atoms with Crippen LogP contribution in [-0.2, 0) is 0 Å². The number of methoxy groups -OCH3 is 1. The van der Waals surface area contributed by atoms with Gasteiger partial charge in [-0.15, -0.1) is 0 Å². The Labute approximate surface area is 116 Å². The van der Waals surface area contributed by atoms with E-state index in [9.17, 15) is 0 Å². The number of hydrogen-bond acceptors (Lipinski definition) is 5. The number of ether oxygens (including phenoxy) is 1. The maximum atomic E-state index is 8.79. The SMILES string of the molecule is COc1ccc(-c2cc(NCCO)nc(Cl)n2)cc1. The zero-order valence-electron chi connectivity index (χ0n) is 10.4. The van der Waals surface area contributed by atoms with Gasteiger partial charge in [0.05, 0.1) is 19.4 Å². The molecule has 6 heteroatoms. The van der Waals surface area contributed by atoms with Crippen LogP contribution in [0.4, 0.5) is 5.82 Å². The summed E-state index contributed by atoms with van der Waals surface area (Å²) in [6.07, 6.45) is 0. The Kier molecular flexibility index (Phi) is 4.54. The van der Waals surface area contributed by atoms with E-state index in [2.05, 4.69) is 15.3 Å². The van der Waals surface area contributed by atoms with Crippen molar-refractivity contribution in [2.45, 2.75) is 0 Å². The molecule has 1 aromatic carbocycles. The summed E-state index contributed by atoms with van der Waals surface area (Å²) in [5, 5.41) is 11.9. The first-order valence-electron chi connectivity index (χ1n) is 5.76. The predicted octanol–water partition coefficient (Wildman–Crippen LogP) is 2.21. The van der Waals surface area contributed by atoms with Crippen molar-refractivity contribution in [3.05, 3.63) is 35.6 Å². The molecule has 2 N–H and O–H groups in total. The molecule has 0 saturated carbocycles. The highest BCUT2D eigenvalue weighted by Crippen LogP contribution is 2.23. The summed E-state index contributed by atoms with van der Waals surface area (Å²) < 4.78 is 5.11. The zero-order valence-corrected chi connectivity index (χ0v) is 11.2. The van der Waals surface area contributed by atoms with Gasteiger partial charge in [-0.25, -0.2) is 9.97 Å². The van der Waals surface area contributed by atoms with E-state index in [0.29, 0.717) is 18.1 Å². The van der Waals surface area contributed by atoms with Gasteiger partial charge in [-0.3, -0.25) is 0 Å². The van der Waals surface area contributed by atoms with Gasteiger partial charge in [0.1, 0.15) is 11.6 Å². The fourth-order valence-corrected chi connectivity index (χ4v) is 1.78. The summed E-state index contributed by atoms with van der Waals surface area (Å²) in [5.41, 5.74) is 1.63. The molecule has 0 spiro atoms. The molecule has 0 aliphatic rings. The average Bonchev–Trinajstić information content (AvgIpc) is 2.44. The Bertz CT molecular complexity index is 546. The summed E-state index contributed by atoms with van der Waals surface area (Å²) in [4.78, 5) is 8.22. The van der Waals surface area contributed by atoms with Crippen LogP contribution in [0, 0.1) is 0 Å². The molecule has 0 saturated heterocycles. The second kappa shape index (κ2) is 6.36. The highest BCUT2D eigenvalue weighted by molar-refractivity contribution is 6.28. The Morgan fingerprint density at radius 2 is 2.00 bits per heavy atom. The lowest BCUT2D eigenvalue weighted by Crippen LogP contribution is -2.07. The van der Waals surface area contributed by atoms with E-state index in [1.807, 2.05) is 24.3 Å². The van der Waals surface area contributed by atoms with E-state index in [1.54, 1.807) is 13.2 Å². The third-order valence-electron chi connectivity index (χ3n) is 2.50. The summed E-state index contributed by atoms with van der Waals surface area (Å²) in [6, 6.07) is 9.28.